The highest BCUT2D eigenvalue weighted by Crippen LogP contribution is 2.47. The monoisotopic (exact) mass is 193 g/mol. The first kappa shape index (κ1) is 9.21. The van der Waals surface area contributed by atoms with Gasteiger partial charge in [-0.05, 0) is 63.7 Å². The third-order valence-corrected chi connectivity index (χ3v) is 4.81. The lowest BCUT2D eigenvalue weighted by molar-refractivity contribution is 0.107. The fourth-order valence-corrected chi connectivity index (χ4v) is 4.45. The Balaban J connectivity index is 1.86. The van der Waals surface area contributed by atoms with Crippen molar-refractivity contribution in [3.05, 3.63) is 0 Å². The van der Waals surface area contributed by atoms with Crippen molar-refractivity contribution in [3.63, 3.8) is 0 Å². The van der Waals surface area contributed by atoms with Gasteiger partial charge in [0.15, 0.2) is 0 Å². The van der Waals surface area contributed by atoms with Crippen molar-refractivity contribution < 1.29 is 0 Å². The van der Waals surface area contributed by atoms with Gasteiger partial charge in [0.1, 0.15) is 0 Å². The van der Waals surface area contributed by atoms with Gasteiger partial charge < -0.3 is 0 Å². The lowest BCUT2D eigenvalue weighted by Gasteiger charge is -2.40. The Morgan fingerprint density at radius 1 is 0.857 bits per heavy atom. The minimum atomic E-state index is 0.776. The van der Waals surface area contributed by atoms with Crippen LogP contribution in [0, 0.1) is 17.8 Å². The van der Waals surface area contributed by atoms with E-state index in [2.05, 4.69) is 18.7 Å². The van der Waals surface area contributed by atoms with Crippen LogP contribution in [0.1, 0.15) is 46.0 Å². The summed E-state index contributed by atoms with van der Waals surface area (Å²) in [5, 5.41) is 0. The Labute approximate surface area is 87.9 Å². The first-order chi connectivity index (χ1) is 6.72. The quantitative estimate of drug-likeness (QED) is 0.619. The molecule has 0 amide bonds. The average molecular weight is 193 g/mol. The van der Waals surface area contributed by atoms with Crippen molar-refractivity contribution in [1.29, 1.82) is 0 Å². The number of fused-ring (bicyclic) bond motifs is 1. The third kappa shape index (κ3) is 1.41. The molecule has 2 saturated heterocycles. The Morgan fingerprint density at radius 3 is 2.00 bits per heavy atom. The molecule has 4 atom stereocenters. The highest BCUT2D eigenvalue weighted by Gasteiger charge is 2.42. The summed E-state index contributed by atoms with van der Waals surface area (Å²) in [6, 6.07) is 1.73. The van der Waals surface area contributed by atoms with Crippen LogP contribution < -0.4 is 0 Å². The van der Waals surface area contributed by atoms with Crippen molar-refractivity contribution in [3.8, 4) is 0 Å². The molecule has 2 saturated carbocycles. The van der Waals surface area contributed by atoms with Crippen LogP contribution in [-0.2, 0) is 0 Å². The number of hydrogen-bond acceptors (Lipinski definition) is 1. The molecule has 14 heavy (non-hydrogen) atoms. The minimum absolute atomic E-state index is 0.776. The smallest absolute Gasteiger partial charge is 0.0103 e. The summed E-state index contributed by atoms with van der Waals surface area (Å²) in [5.41, 5.74) is 0. The number of nitrogens with zero attached hydrogens (tertiary/aromatic N) is 1. The topological polar surface area (TPSA) is 3.24 Å². The van der Waals surface area contributed by atoms with Crippen LogP contribution in [0.3, 0.4) is 0 Å². The highest BCUT2D eigenvalue weighted by atomic mass is 15.2. The lowest BCUT2D eigenvalue weighted by atomic mass is 9.68. The molecule has 0 aromatic carbocycles. The standard InChI is InChI=1S/C13H23N/c1-9(2)14-8-12-4-10-3-11(5-12)7-13(14)6-10/h9-13H,3-8H2,1-2H3/t10-,11+,12?,13?. The van der Waals surface area contributed by atoms with Crippen LogP contribution in [0.4, 0.5) is 0 Å². The van der Waals surface area contributed by atoms with Gasteiger partial charge in [-0.3, -0.25) is 4.90 Å². The number of hydrogen-bond donors (Lipinski definition) is 0. The van der Waals surface area contributed by atoms with Gasteiger partial charge in [-0.25, -0.2) is 0 Å². The zero-order valence-electron chi connectivity index (χ0n) is 9.58. The average Bonchev–Trinajstić information content (AvgIpc) is 2.30. The fourth-order valence-electron chi connectivity index (χ4n) is 4.45. The van der Waals surface area contributed by atoms with Crippen LogP contribution in [0.2, 0.25) is 0 Å². The summed E-state index contributed by atoms with van der Waals surface area (Å²) in [4.78, 5) is 2.81. The van der Waals surface area contributed by atoms with Gasteiger partial charge in [0, 0.05) is 18.6 Å². The third-order valence-electron chi connectivity index (χ3n) is 4.81. The van der Waals surface area contributed by atoms with Crippen molar-refractivity contribution in [2.75, 3.05) is 6.54 Å². The summed E-state index contributed by atoms with van der Waals surface area (Å²) in [6.07, 6.45) is 7.71. The molecule has 0 radical (unpaired) electrons. The van der Waals surface area contributed by atoms with Gasteiger partial charge in [0.2, 0.25) is 0 Å². The van der Waals surface area contributed by atoms with Gasteiger partial charge in [-0.15, -0.1) is 0 Å². The number of rotatable bonds is 1. The molecule has 4 fully saturated rings. The largest absolute Gasteiger partial charge is 0.298 e. The van der Waals surface area contributed by atoms with Gasteiger partial charge in [-0.1, -0.05) is 0 Å². The summed E-state index contributed by atoms with van der Waals surface area (Å²) in [6.45, 7) is 6.17. The van der Waals surface area contributed by atoms with E-state index in [-0.39, 0.29) is 0 Å². The predicted molar refractivity (Wildman–Crippen MR) is 59.2 cm³/mol. The predicted octanol–water partition coefficient (Wildman–Crippen LogP) is 2.91. The molecule has 0 N–H and O–H groups in total. The lowest BCUT2D eigenvalue weighted by Crippen LogP contribution is -2.42. The van der Waals surface area contributed by atoms with E-state index in [1.807, 2.05) is 0 Å². The maximum atomic E-state index is 2.81. The molecule has 0 aromatic heterocycles. The second-order valence-electron chi connectivity index (χ2n) is 6.22. The highest BCUT2D eigenvalue weighted by molar-refractivity contribution is 4.96. The van der Waals surface area contributed by atoms with E-state index in [1.165, 1.54) is 19.4 Å². The van der Waals surface area contributed by atoms with Gasteiger partial charge >= 0.3 is 0 Å². The Kier molecular flexibility index (Phi) is 2.12. The first-order valence-corrected chi connectivity index (χ1v) is 6.48. The molecule has 80 valence electrons. The molecule has 0 spiro atoms. The zero-order valence-corrected chi connectivity index (χ0v) is 9.58. The van der Waals surface area contributed by atoms with Crippen molar-refractivity contribution >= 4 is 0 Å². The minimum Gasteiger partial charge on any atom is -0.298 e. The van der Waals surface area contributed by atoms with Crippen LogP contribution >= 0.6 is 0 Å². The molecule has 2 heterocycles. The van der Waals surface area contributed by atoms with Gasteiger partial charge in [0.25, 0.3) is 0 Å². The second kappa shape index (κ2) is 3.23. The molecule has 2 aliphatic carbocycles. The molecule has 4 aliphatic rings. The van der Waals surface area contributed by atoms with E-state index in [1.54, 1.807) is 19.3 Å². The first-order valence-electron chi connectivity index (χ1n) is 6.48. The van der Waals surface area contributed by atoms with Crippen LogP contribution in [0.15, 0.2) is 0 Å². The molecule has 0 aromatic rings. The fraction of sp³-hybridized carbons (Fsp3) is 1.00. The van der Waals surface area contributed by atoms with E-state index in [9.17, 15) is 0 Å². The molecule has 4 rings (SSSR count). The Hall–Kier alpha value is -0.0400. The summed E-state index contributed by atoms with van der Waals surface area (Å²) in [7, 11) is 0. The summed E-state index contributed by atoms with van der Waals surface area (Å²) in [5.74, 6) is 3.25. The molecular formula is C13H23N. The molecule has 4 bridgehead atoms. The van der Waals surface area contributed by atoms with E-state index in [4.69, 9.17) is 0 Å². The maximum absolute atomic E-state index is 2.81. The van der Waals surface area contributed by atoms with Crippen molar-refractivity contribution in [2.24, 2.45) is 17.8 Å². The van der Waals surface area contributed by atoms with E-state index < -0.39 is 0 Å². The van der Waals surface area contributed by atoms with Crippen molar-refractivity contribution in [2.45, 2.75) is 58.0 Å². The molecule has 2 aliphatic heterocycles. The van der Waals surface area contributed by atoms with Crippen molar-refractivity contribution in [1.82, 2.24) is 4.90 Å². The Bertz CT molecular complexity index is 209. The summed E-state index contributed by atoms with van der Waals surface area (Å²) < 4.78 is 0. The second-order valence-corrected chi connectivity index (χ2v) is 6.22. The van der Waals surface area contributed by atoms with Crippen LogP contribution in [-0.4, -0.2) is 23.5 Å². The van der Waals surface area contributed by atoms with Gasteiger partial charge in [0.05, 0.1) is 0 Å². The van der Waals surface area contributed by atoms with Crippen LogP contribution in [0.25, 0.3) is 0 Å². The summed E-state index contributed by atoms with van der Waals surface area (Å²) >= 11 is 0. The molecule has 2 unspecified atom stereocenters. The van der Waals surface area contributed by atoms with E-state index in [0.29, 0.717) is 0 Å². The SMILES string of the molecule is CC(C)N1CC2C[C@@H]3CC1C[C@H](C2)C3. The Morgan fingerprint density at radius 2 is 1.43 bits per heavy atom. The van der Waals surface area contributed by atoms with Crippen LogP contribution in [0.5, 0.6) is 0 Å². The molecule has 1 nitrogen and oxygen atoms in total. The molecular weight excluding hydrogens is 170 g/mol. The van der Waals surface area contributed by atoms with E-state index in [0.717, 1.165) is 29.8 Å². The molecule has 1 heteroatoms. The van der Waals surface area contributed by atoms with E-state index >= 15 is 0 Å². The zero-order chi connectivity index (χ0) is 9.71. The van der Waals surface area contributed by atoms with Gasteiger partial charge in [-0.2, -0.15) is 0 Å². The maximum Gasteiger partial charge on any atom is 0.0103 e. The normalized spacial score (nSPS) is 47.4.